The van der Waals surface area contributed by atoms with Gasteiger partial charge in [-0.15, -0.1) is 0 Å². The van der Waals surface area contributed by atoms with Gasteiger partial charge in [-0.3, -0.25) is 9.69 Å². The van der Waals surface area contributed by atoms with Crippen LogP contribution >= 0.6 is 0 Å². The number of urea groups is 1. The predicted molar refractivity (Wildman–Crippen MR) is 131 cm³/mol. The summed E-state index contributed by atoms with van der Waals surface area (Å²) in [4.78, 5) is 36.3. The molecule has 0 aromatic heterocycles. The van der Waals surface area contributed by atoms with E-state index < -0.39 is 0 Å². The standard InChI is InChI=1S/C26H41N5O2/c1-27(16-17-28-12-4-2-5-13-28)25(32)24-10-8-23(9-11-24)22-29-18-20-31(21-19-29)26(33)30-14-6-3-7-15-30/h8-11H,2-7,12-22H2,1H3. The molecule has 3 saturated heterocycles. The van der Waals surface area contributed by atoms with Crippen molar-refractivity contribution in [3.05, 3.63) is 35.4 Å². The minimum Gasteiger partial charge on any atom is -0.340 e. The van der Waals surface area contributed by atoms with Crippen LogP contribution in [-0.4, -0.2) is 109 Å². The van der Waals surface area contributed by atoms with Crippen LogP contribution in [0, 0.1) is 0 Å². The van der Waals surface area contributed by atoms with E-state index in [9.17, 15) is 9.59 Å². The molecule has 0 saturated carbocycles. The Morgan fingerprint density at radius 2 is 1.30 bits per heavy atom. The maximum atomic E-state index is 12.8. The highest BCUT2D eigenvalue weighted by Crippen LogP contribution is 2.15. The minimum atomic E-state index is 0.100. The van der Waals surface area contributed by atoms with Gasteiger partial charge in [-0.05, 0) is 62.9 Å². The zero-order chi connectivity index (χ0) is 23.0. The Morgan fingerprint density at radius 3 is 1.94 bits per heavy atom. The summed E-state index contributed by atoms with van der Waals surface area (Å²) in [6, 6.07) is 8.31. The van der Waals surface area contributed by atoms with Crippen molar-refractivity contribution >= 4 is 11.9 Å². The van der Waals surface area contributed by atoms with Crippen LogP contribution in [0.15, 0.2) is 24.3 Å². The number of likely N-dealkylation sites (N-methyl/N-ethyl adjacent to an activating group) is 1. The van der Waals surface area contributed by atoms with Crippen molar-refractivity contribution in [1.29, 1.82) is 0 Å². The highest BCUT2D eigenvalue weighted by atomic mass is 16.2. The molecule has 0 spiro atoms. The summed E-state index contributed by atoms with van der Waals surface area (Å²) in [6.45, 7) is 10.2. The maximum absolute atomic E-state index is 12.8. The van der Waals surface area contributed by atoms with Gasteiger partial charge >= 0.3 is 6.03 Å². The van der Waals surface area contributed by atoms with E-state index >= 15 is 0 Å². The number of piperidine rings is 2. The van der Waals surface area contributed by atoms with E-state index in [2.05, 4.69) is 21.9 Å². The first kappa shape index (κ1) is 24.0. The molecule has 33 heavy (non-hydrogen) atoms. The Hall–Kier alpha value is -2.12. The highest BCUT2D eigenvalue weighted by molar-refractivity contribution is 5.94. The number of hydrogen-bond donors (Lipinski definition) is 0. The van der Waals surface area contributed by atoms with Gasteiger partial charge in [-0.25, -0.2) is 4.79 Å². The van der Waals surface area contributed by atoms with Gasteiger partial charge in [0.25, 0.3) is 5.91 Å². The molecule has 3 aliphatic rings. The first-order valence-corrected chi connectivity index (χ1v) is 12.9. The maximum Gasteiger partial charge on any atom is 0.320 e. The number of rotatable bonds is 6. The van der Waals surface area contributed by atoms with E-state index in [4.69, 9.17) is 0 Å². The number of nitrogens with zero attached hydrogens (tertiary/aromatic N) is 5. The lowest BCUT2D eigenvalue weighted by Gasteiger charge is -2.38. The van der Waals surface area contributed by atoms with Crippen LogP contribution in [0.4, 0.5) is 4.79 Å². The summed E-state index contributed by atoms with van der Waals surface area (Å²) in [5.74, 6) is 0.100. The molecule has 0 bridgehead atoms. The summed E-state index contributed by atoms with van der Waals surface area (Å²) in [7, 11) is 1.91. The minimum absolute atomic E-state index is 0.100. The number of carbonyl (C=O) groups is 2. The summed E-state index contributed by atoms with van der Waals surface area (Å²) in [5, 5.41) is 0. The largest absolute Gasteiger partial charge is 0.340 e. The van der Waals surface area contributed by atoms with Gasteiger partial charge in [0, 0.05) is 71.5 Å². The second kappa shape index (κ2) is 11.8. The summed E-state index contributed by atoms with van der Waals surface area (Å²) < 4.78 is 0. The third-order valence-electron chi connectivity index (χ3n) is 7.42. The second-order valence-electron chi connectivity index (χ2n) is 9.92. The van der Waals surface area contributed by atoms with Crippen molar-refractivity contribution in [2.45, 2.75) is 45.1 Å². The fraction of sp³-hybridized carbons (Fsp3) is 0.692. The molecule has 7 heteroatoms. The van der Waals surface area contributed by atoms with Crippen LogP contribution < -0.4 is 0 Å². The molecule has 3 aliphatic heterocycles. The zero-order valence-corrected chi connectivity index (χ0v) is 20.4. The summed E-state index contributed by atoms with van der Waals surface area (Å²) in [6.07, 6.45) is 7.42. The van der Waals surface area contributed by atoms with Crippen LogP contribution in [0.2, 0.25) is 0 Å². The first-order chi connectivity index (χ1) is 16.1. The van der Waals surface area contributed by atoms with Gasteiger partial charge < -0.3 is 19.6 Å². The predicted octanol–water partition coefficient (Wildman–Crippen LogP) is 2.97. The van der Waals surface area contributed by atoms with Crippen molar-refractivity contribution in [1.82, 2.24) is 24.5 Å². The Labute approximate surface area is 199 Å². The van der Waals surface area contributed by atoms with E-state index in [1.807, 2.05) is 33.9 Å². The molecule has 3 fully saturated rings. The van der Waals surface area contributed by atoms with Crippen molar-refractivity contribution in [2.75, 3.05) is 72.5 Å². The second-order valence-corrected chi connectivity index (χ2v) is 9.92. The molecular formula is C26H41N5O2. The highest BCUT2D eigenvalue weighted by Gasteiger charge is 2.26. The normalized spacial score (nSPS) is 20.6. The van der Waals surface area contributed by atoms with Crippen molar-refractivity contribution in [3.63, 3.8) is 0 Å². The van der Waals surface area contributed by atoms with Gasteiger partial charge in [0.15, 0.2) is 0 Å². The monoisotopic (exact) mass is 455 g/mol. The van der Waals surface area contributed by atoms with Crippen molar-refractivity contribution < 1.29 is 9.59 Å². The van der Waals surface area contributed by atoms with Gasteiger partial charge in [-0.2, -0.15) is 0 Å². The molecule has 182 valence electrons. The van der Waals surface area contributed by atoms with Gasteiger partial charge in [0.2, 0.25) is 0 Å². The number of likely N-dealkylation sites (tertiary alicyclic amines) is 2. The van der Waals surface area contributed by atoms with E-state index in [0.29, 0.717) is 0 Å². The van der Waals surface area contributed by atoms with Crippen LogP contribution in [0.25, 0.3) is 0 Å². The molecule has 0 aliphatic carbocycles. The molecular weight excluding hydrogens is 414 g/mol. The summed E-state index contributed by atoms with van der Waals surface area (Å²) in [5.41, 5.74) is 1.98. The Bertz CT molecular complexity index is 763. The fourth-order valence-electron chi connectivity index (χ4n) is 5.19. The third-order valence-corrected chi connectivity index (χ3v) is 7.42. The molecule has 0 atom stereocenters. The van der Waals surface area contributed by atoms with Crippen molar-refractivity contribution in [2.24, 2.45) is 0 Å². The van der Waals surface area contributed by atoms with E-state index in [0.717, 1.165) is 90.4 Å². The SMILES string of the molecule is CN(CCN1CCCCC1)C(=O)c1ccc(CN2CCN(C(=O)N3CCCCC3)CC2)cc1. The molecule has 0 unspecified atom stereocenters. The topological polar surface area (TPSA) is 50.3 Å². The number of hydrogen-bond acceptors (Lipinski definition) is 4. The van der Waals surface area contributed by atoms with Gasteiger partial charge in [0.1, 0.15) is 0 Å². The molecule has 3 amide bonds. The molecule has 3 heterocycles. The lowest BCUT2D eigenvalue weighted by Crippen LogP contribution is -2.53. The molecule has 0 N–H and O–H groups in total. The van der Waals surface area contributed by atoms with Gasteiger partial charge in [0.05, 0.1) is 0 Å². The molecule has 4 rings (SSSR count). The fourth-order valence-corrected chi connectivity index (χ4v) is 5.19. The van der Waals surface area contributed by atoms with E-state index in [1.54, 1.807) is 0 Å². The van der Waals surface area contributed by atoms with Gasteiger partial charge in [-0.1, -0.05) is 18.6 Å². The summed E-state index contributed by atoms with van der Waals surface area (Å²) >= 11 is 0. The molecule has 7 nitrogen and oxygen atoms in total. The third kappa shape index (κ3) is 6.70. The van der Waals surface area contributed by atoms with Crippen LogP contribution in [-0.2, 0) is 6.54 Å². The number of piperazine rings is 1. The number of carbonyl (C=O) groups excluding carboxylic acids is 2. The number of amides is 3. The number of benzene rings is 1. The van der Waals surface area contributed by atoms with E-state index in [-0.39, 0.29) is 11.9 Å². The lowest BCUT2D eigenvalue weighted by atomic mass is 10.1. The molecule has 0 radical (unpaired) electrons. The quantitative estimate of drug-likeness (QED) is 0.662. The average Bonchev–Trinajstić information content (AvgIpc) is 2.88. The Morgan fingerprint density at radius 1 is 0.727 bits per heavy atom. The van der Waals surface area contributed by atoms with E-state index in [1.165, 1.54) is 31.2 Å². The average molecular weight is 456 g/mol. The lowest BCUT2D eigenvalue weighted by molar-refractivity contribution is 0.0773. The molecule has 1 aromatic carbocycles. The van der Waals surface area contributed by atoms with Crippen LogP contribution in [0.3, 0.4) is 0 Å². The van der Waals surface area contributed by atoms with Crippen LogP contribution in [0.5, 0.6) is 0 Å². The first-order valence-electron chi connectivity index (χ1n) is 12.9. The Kier molecular flexibility index (Phi) is 8.62. The zero-order valence-electron chi connectivity index (χ0n) is 20.4. The molecule has 1 aromatic rings. The smallest absolute Gasteiger partial charge is 0.320 e. The van der Waals surface area contributed by atoms with Crippen molar-refractivity contribution in [3.8, 4) is 0 Å². The Balaban J connectivity index is 1.20. The van der Waals surface area contributed by atoms with Crippen LogP contribution in [0.1, 0.15) is 54.4 Å².